The van der Waals surface area contributed by atoms with E-state index in [1.54, 1.807) is 4.90 Å². The van der Waals surface area contributed by atoms with Crippen LogP contribution in [0.3, 0.4) is 0 Å². The van der Waals surface area contributed by atoms with Crippen LogP contribution in [0, 0.1) is 24.5 Å². The highest BCUT2D eigenvalue weighted by Gasteiger charge is 2.54. The lowest BCUT2D eigenvalue weighted by atomic mass is 9.84. The van der Waals surface area contributed by atoms with Crippen LogP contribution in [0.25, 0.3) is 0 Å². The number of benzene rings is 1. The fraction of sp³-hybridized carbons (Fsp3) is 0.450. The second kappa shape index (κ2) is 7.64. The van der Waals surface area contributed by atoms with E-state index in [4.69, 9.17) is 4.74 Å². The van der Waals surface area contributed by atoms with Gasteiger partial charge in [0.05, 0.1) is 13.1 Å². The number of halogens is 3. The Balaban J connectivity index is 1.62. The fourth-order valence-corrected chi connectivity index (χ4v) is 5.64. The van der Waals surface area contributed by atoms with Gasteiger partial charge in [-0.15, -0.1) is 0 Å². The summed E-state index contributed by atoms with van der Waals surface area (Å²) in [5.41, 5.74) is -0.127. The van der Waals surface area contributed by atoms with E-state index in [0.29, 0.717) is 19.7 Å². The number of anilines is 2. The molecule has 4 rings (SSSR count). The van der Waals surface area contributed by atoms with Gasteiger partial charge in [-0.25, -0.2) is 22.2 Å². The number of sulfonamides is 1. The average Bonchev–Trinajstić information content (AvgIpc) is 3.08. The molecule has 0 saturated carbocycles. The van der Waals surface area contributed by atoms with Crippen LogP contribution in [0.15, 0.2) is 29.2 Å². The maximum absolute atomic E-state index is 15.1. The third kappa shape index (κ3) is 3.74. The van der Waals surface area contributed by atoms with Crippen molar-refractivity contribution >= 4 is 21.5 Å². The van der Waals surface area contributed by atoms with E-state index >= 15 is 4.39 Å². The van der Waals surface area contributed by atoms with Gasteiger partial charge >= 0.3 is 0 Å². The topological polar surface area (TPSA) is 74.8 Å². The van der Waals surface area contributed by atoms with Gasteiger partial charge in [-0.3, -0.25) is 4.72 Å². The summed E-state index contributed by atoms with van der Waals surface area (Å²) in [5, 5.41) is 0. The van der Waals surface area contributed by atoms with Crippen molar-refractivity contribution in [2.24, 2.45) is 0 Å². The van der Waals surface area contributed by atoms with Crippen molar-refractivity contribution in [1.29, 1.82) is 0 Å². The smallest absolute Gasteiger partial charge is 0.268 e. The number of nitrogens with zero attached hydrogens (tertiary/aromatic N) is 3. The van der Waals surface area contributed by atoms with Gasteiger partial charge in [0.1, 0.15) is 17.2 Å². The first-order valence-electron chi connectivity index (χ1n) is 9.73. The molecule has 2 aliphatic heterocycles. The normalized spacial score (nSPS) is 20.4. The molecule has 1 aromatic carbocycles. The Labute approximate surface area is 178 Å². The van der Waals surface area contributed by atoms with E-state index in [9.17, 15) is 17.2 Å². The van der Waals surface area contributed by atoms with Crippen LogP contribution < -0.4 is 9.62 Å². The molecule has 31 heavy (non-hydrogen) atoms. The van der Waals surface area contributed by atoms with E-state index in [1.807, 2.05) is 18.8 Å². The molecule has 0 amide bonds. The van der Waals surface area contributed by atoms with Gasteiger partial charge in [0.15, 0.2) is 10.7 Å². The zero-order chi connectivity index (χ0) is 22.6. The van der Waals surface area contributed by atoms with Crippen LogP contribution in [0.1, 0.15) is 12.0 Å². The predicted octanol–water partition coefficient (Wildman–Crippen LogP) is 2.52. The first-order chi connectivity index (χ1) is 14.5. The highest BCUT2D eigenvalue weighted by molar-refractivity contribution is 7.92. The van der Waals surface area contributed by atoms with E-state index in [0.717, 1.165) is 18.6 Å². The Morgan fingerprint density at radius 2 is 1.97 bits per heavy atom. The molecule has 0 unspecified atom stereocenters. The standard InChI is InChI=1S/C20H23F3N4O3S/c1-12-14(27-10-20(11-27)15(26(2)3)7-8-30-20)9-13(21)19(18(12)23)31(28,29)25-17-6-4-5-16(22)24-17/h4-6,9,15H,7-8,10-11H2,1-3H3,(H,24,25)/t15-/m1/s1. The molecule has 2 aliphatic rings. The first-order valence-corrected chi connectivity index (χ1v) is 11.2. The fourth-order valence-electron chi connectivity index (χ4n) is 4.44. The molecule has 2 fully saturated rings. The molecule has 168 valence electrons. The monoisotopic (exact) mass is 456 g/mol. The van der Waals surface area contributed by atoms with E-state index in [-0.39, 0.29) is 23.1 Å². The quantitative estimate of drug-likeness (QED) is 0.697. The third-order valence-corrected chi connectivity index (χ3v) is 7.27. The van der Waals surface area contributed by atoms with E-state index < -0.39 is 38.1 Å². The van der Waals surface area contributed by atoms with Crippen LogP contribution in [0.5, 0.6) is 0 Å². The van der Waals surface area contributed by atoms with Crippen LogP contribution in [-0.2, 0) is 14.8 Å². The van der Waals surface area contributed by atoms with Crippen LogP contribution >= 0.6 is 0 Å². The number of hydrogen-bond donors (Lipinski definition) is 1. The maximum atomic E-state index is 15.1. The van der Waals surface area contributed by atoms with Crippen molar-refractivity contribution < 1.29 is 26.3 Å². The summed E-state index contributed by atoms with van der Waals surface area (Å²) in [6.07, 6.45) is 0.875. The molecule has 1 N–H and O–H groups in total. The van der Waals surface area contributed by atoms with Crippen molar-refractivity contribution in [3.05, 3.63) is 47.4 Å². The minimum atomic E-state index is -4.67. The molecular weight excluding hydrogens is 433 g/mol. The lowest BCUT2D eigenvalue weighted by molar-refractivity contribution is -0.0508. The zero-order valence-electron chi connectivity index (χ0n) is 17.3. The minimum Gasteiger partial charge on any atom is -0.370 e. The van der Waals surface area contributed by atoms with Crippen LogP contribution in [0.4, 0.5) is 24.7 Å². The Kier molecular flexibility index (Phi) is 5.39. The second-order valence-corrected chi connectivity index (χ2v) is 9.75. The summed E-state index contributed by atoms with van der Waals surface area (Å²) in [5.74, 6) is -3.74. The van der Waals surface area contributed by atoms with Gasteiger partial charge in [0.2, 0.25) is 5.95 Å². The highest BCUT2D eigenvalue weighted by Crippen LogP contribution is 2.42. The van der Waals surface area contributed by atoms with Gasteiger partial charge in [0, 0.05) is 23.9 Å². The molecule has 3 heterocycles. The molecule has 2 saturated heterocycles. The van der Waals surface area contributed by atoms with Crippen molar-refractivity contribution in [2.75, 3.05) is 43.4 Å². The molecule has 0 bridgehead atoms. The SMILES string of the molecule is Cc1c(N2CC3(C2)OCC[C@H]3N(C)C)cc(F)c(S(=O)(=O)Nc2cccc(F)n2)c1F. The van der Waals surface area contributed by atoms with Crippen LogP contribution in [-0.4, -0.2) is 63.7 Å². The molecule has 0 radical (unpaired) electrons. The summed E-state index contributed by atoms with van der Waals surface area (Å²) >= 11 is 0. The average molecular weight is 456 g/mol. The predicted molar refractivity (Wildman–Crippen MR) is 109 cm³/mol. The van der Waals surface area contributed by atoms with Gasteiger partial charge in [-0.05, 0) is 45.6 Å². The summed E-state index contributed by atoms with van der Waals surface area (Å²) in [7, 11) is -0.733. The highest BCUT2D eigenvalue weighted by atomic mass is 32.2. The third-order valence-electron chi connectivity index (χ3n) is 5.89. The van der Waals surface area contributed by atoms with Gasteiger partial charge in [-0.1, -0.05) is 6.07 Å². The number of likely N-dealkylation sites (N-methyl/N-ethyl adjacent to an activating group) is 1. The summed E-state index contributed by atoms with van der Waals surface area (Å²) in [6, 6.07) is 4.64. The van der Waals surface area contributed by atoms with Crippen molar-refractivity contribution in [1.82, 2.24) is 9.88 Å². The van der Waals surface area contributed by atoms with Gasteiger partial charge < -0.3 is 14.5 Å². The summed E-state index contributed by atoms with van der Waals surface area (Å²) < 4.78 is 76.2. The van der Waals surface area contributed by atoms with E-state index in [1.165, 1.54) is 19.1 Å². The molecule has 1 atom stereocenters. The number of pyridine rings is 1. The lowest BCUT2D eigenvalue weighted by Gasteiger charge is -2.53. The maximum Gasteiger partial charge on any atom is 0.268 e. The molecule has 1 spiro atoms. The zero-order valence-corrected chi connectivity index (χ0v) is 18.1. The number of aromatic nitrogens is 1. The Hall–Kier alpha value is -2.37. The molecule has 7 nitrogen and oxygen atoms in total. The number of nitrogens with one attached hydrogen (secondary N) is 1. The first kappa shape index (κ1) is 21.8. The molecule has 1 aromatic heterocycles. The Morgan fingerprint density at radius 1 is 1.26 bits per heavy atom. The van der Waals surface area contributed by atoms with E-state index in [2.05, 4.69) is 9.88 Å². The molecule has 11 heteroatoms. The summed E-state index contributed by atoms with van der Waals surface area (Å²) in [4.78, 5) is 6.10. The Bertz CT molecular complexity index is 1120. The van der Waals surface area contributed by atoms with Crippen molar-refractivity contribution in [3.63, 3.8) is 0 Å². The van der Waals surface area contributed by atoms with Crippen molar-refractivity contribution in [3.8, 4) is 0 Å². The molecular formula is C20H23F3N4O3S. The van der Waals surface area contributed by atoms with Gasteiger partial charge in [-0.2, -0.15) is 4.39 Å². The largest absolute Gasteiger partial charge is 0.370 e. The van der Waals surface area contributed by atoms with Gasteiger partial charge in [0.25, 0.3) is 10.0 Å². The molecule has 2 aromatic rings. The number of rotatable bonds is 5. The molecule has 0 aliphatic carbocycles. The Morgan fingerprint density at radius 3 is 2.61 bits per heavy atom. The summed E-state index contributed by atoms with van der Waals surface area (Å²) in [6.45, 7) is 2.92. The number of hydrogen-bond acceptors (Lipinski definition) is 6. The van der Waals surface area contributed by atoms with Crippen LogP contribution in [0.2, 0.25) is 0 Å². The minimum absolute atomic E-state index is 0.00299. The second-order valence-electron chi connectivity index (χ2n) is 8.13. The lowest BCUT2D eigenvalue weighted by Crippen LogP contribution is -2.69. The number of ether oxygens (including phenoxy) is 1. The van der Waals surface area contributed by atoms with Crippen molar-refractivity contribution in [2.45, 2.75) is 29.9 Å².